The Balaban J connectivity index is 1.40. The standard InChI is InChI=1S/C26H32N6O2S/c1-3-4-10-18-31-24(34)21-14-8-9-15-22(21)32-25(31)28-29-26(32)35-19-23(33)27-16-11-17-30(2)20-12-6-5-7-13-20/h5-9,12-15H,3-4,10-11,16-19H2,1-2H3,(H,27,33). The van der Waals surface area contributed by atoms with Gasteiger partial charge in [0.05, 0.1) is 16.7 Å². The highest BCUT2D eigenvalue weighted by molar-refractivity contribution is 7.99. The molecule has 0 atom stereocenters. The smallest absolute Gasteiger partial charge is 0.262 e. The van der Waals surface area contributed by atoms with Crippen molar-refractivity contribution in [3.05, 3.63) is 65.0 Å². The number of hydrogen-bond acceptors (Lipinski definition) is 6. The number of anilines is 1. The minimum Gasteiger partial charge on any atom is -0.375 e. The van der Waals surface area contributed by atoms with Gasteiger partial charge in [-0.25, -0.2) is 0 Å². The van der Waals surface area contributed by atoms with Crippen LogP contribution in [0.15, 0.2) is 64.5 Å². The van der Waals surface area contributed by atoms with Crippen molar-refractivity contribution in [2.24, 2.45) is 0 Å². The lowest BCUT2D eigenvalue weighted by Crippen LogP contribution is -2.29. The van der Waals surface area contributed by atoms with Crippen molar-refractivity contribution >= 4 is 40.0 Å². The number of aryl methyl sites for hydroxylation is 1. The first-order valence-electron chi connectivity index (χ1n) is 12.1. The Bertz CT molecular complexity index is 1330. The Labute approximate surface area is 209 Å². The van der Waals surface area contributed by atoms with E-state index in [2.05, 4.69) is 46.5 Å². The average Bonchev–Trinajstić information content (AvgIpc) is 3.31. The van der Waals surface area contributed by atoms with Crippen molar-refractivity contribution in [1.82, 2.24) is 24.5 Å². The lowest BCUT2D eigenvalue weighted by atomic mass is 10.2. The first-order chi connectivity index (χ1) is 17.1. The molecule has 0 saturated heterocycles. The molecule has 2 aromatic carbocycles. The van der Waals surface area contributed by atoms with Crippen LogP contribution in [0.25, 0.3) is 16.7 Å². The van der Waals surface area contributed by atoms with Gasteiger partial charge in [0.25, 0.3) is 5.56 Å². The molecule has 184 valence electrons. The SMILES string of the molecule is CCCCCn1c(=O)c2ccccc2n2c(SCC(=O)NCCCN(C)c3ccccc3)nnc12. The Morgan fingerprint density at radius 3 is 2.60 bits per heavy atom. The number of carbonyl (C=O) groups excluding carboxylic acids is 1. The summed E-state index contributed by atoms with van der Waals surface area (Å²) in [6, 6.07) is 17.7. The fourth-order valence-electron chi connectivity index (χ4n) is 4.09. The van der Waals surface area contributed by atoms with Gasteiger partial charge in [-0.1, -0.05) is 61.9 Å². The second kappa shape index (κ2) is 11.9. The summed E-state index contributed by atoms with van der Waals surface area (Å²) in [5, 5.41) is 12.9. The molecule has 8 nitrogen and oxygen atoms in total. The summed E-state index contributed by atoms with van der Waals surface area (Å²) >= 11 is 1.34. The number of aromatic nitrogens is 4. The molecule has 2 aromatic heterocycles. The summed E-state index contributed by atoms with van der Waals surface area (Å²) in [6.07, 6.45) is 3.87. The van der Waals surface area contributed by atoms with E-state index in [0.29, 0.717) is 29.4 Å². The van der Waals surface area contributed by atoms with E-state index in [1.165, 1.54) is 11.8 Å². The zero-order chi connectivity index (χ0) is 24.6. The lowest BCUT2D eigenvalue weighted by molar-refractivity contribution is -0.118. The van der Waals surface area contributed by atoms with Crippen molar-refractivity contribution in [3.8, 4) is 0 Å². The van der Waals surface area contributed by atoms with Crippen LogP contribution in [0.4, 0.5) is 5.69 Å². The highest BCUT2D eigenvalue weighted by Gasteiger charge is 2.17. The quantitative estimate of drug-likeness (QED) is 0.238. The van der Waals surface area contributed by atoms with Gasteiger partial charge in [0.1, 0.15) is 0 Å². The molecule has 0 radical (unpaired) electrons. The van der Waals surface area contributed by atoms with E-state index in [9.17, 15) is 9.59 Å². The van der Waals surface area contributed by atoms with Gasteiger partial charge >= 0.3 is 0 Å². The number of amides is 1. The van der Waals surface area contributed by atoms with Crippen LogP contribution in [-0.2, 0) is 11.3 Å². The normalized spacial score (nSPS) is 11.3. The van der Waals surface area contributed by atoms with Gasteiger partial charge in [0.2, 0.25) is 11.7 Å². The molecule has 1 N–H and O–H groups in total. The number of benzene rings is 2. The molecule has 0 saturated carbocycles. The van der Waals surface area contributed by atoms with Gasteiger partial charge in [0, 0.05) is 32.4 Å². The van der Waals surface area contributed by atoms with Gasteiger partial charge in [-0.05, 0) is 37.1 Å². The third-order valence-corrected chi connectivity index (χ3v) is 6.91. The molecule has 4 aromatic rings. The van der Waals surface area contributed by atoms with E-state index in [-0.39, 0.29) is 17.2 Å². The lowest BCUT2D eigenvalue weighted by Gasteiger charge is -2.19. The Morgan fingerprint density at radius 2 is 1.80 bits per heavy atom. The van der Waals surface area contributed by atoms with E-state index in [1.54, 1.807) is 4.57 Å². The predicted molar refractivity (Wildman–Crippen MR) is 142 cm³/mol. The number of para-hydroxylation sites is 2. The number of hydrogen-bond donors (Lipinski definition) is 1. The van der Waals surface area contributed by atoms with Crippen LogP contribution < -0.4 is 15.8 Å². The average molecular weight is 493 g/mol. The summed E-state index contributed by atoms with van der Waals surface area (Å²) in [7, 11) is 2.05. The van der Waals surface area contributed by atoms with Crippen LogP contribution >= 0.6 is 11.8 Å². The van der Waals surface area contributed by atoms with Crippen molar-refractivity contribution in [3.63, 3.8) is 0 Å². The molecule has 0 aliphatic heterocycles. The number of unbranched alkanes of at least 4 members (excludes halogenated alkanes) is 2. The van der Waals surface area contributed by atoms with Gasteiger partial charge in [-0.3, -0.25) is 18.6 Å². The largest absolute Gasteiger partial charge is 0.375 e. The van der Waals surface area contributed by atoms with Crippen molar-refractivity contribution in [1.29, 1.82) is 0 Å². The van der Waals surface area contributed by atoms with Crippen LogP contribution in [0.3, 0.4) is 0 Å². The van der Waals surface area contributed by atoms with E-state index in [0.717, 1.165) is 43.4 Å². The Morgan fingerprint density at radius 1 is 1.03 bits per heavy atom. The highest BCUT2D eigenvalue weighted by atomic mass is 32.2. The van der Waals surface area contributed by atoms with Crippen molar-refractivity contribution < 1.29 is 4.79 Å². The molecule has 2 heterocycles. The van der Waals surface area contributed by atoms with E-state index in [4.69, 9.17) is 0 Å². The summed E-state index contributed by atoms with van der Waals surface area (Å²) in [6.45, 7) is 4.20. The maximum Gasteiger partial charge on any atom is 0.262 e. The van der Waals surface area contributed by atoms with Gasteiger partial charge in [0.15, 0.2) is 5.16 Å². The molecule has 35 heavy (non-hydrogen) atoms. The second-order valence-electron chi connectivity index (χ2n) is 8.55. The molecule has 0 bridgehead atoms. The summed E-state index contributed by atoms with van der Waals surface area (Å²) in [5.74, 6) is 0.713. The molecule has 0 aliphatic rings. The number of carbonyl (C=O) groups is 1. The molecule has 0 spiro atoms. The van der Waals surface area contributed by atoms with Crippen LogP contribution in [0.2, 0.25) is 0 Å². The Hall–Kier alpha value is -3.33. The summed E-state index contributed by atoms with van der Waals surface area (Å²) in [4.78, 5) is 27.8. The number of nitrogens with one attached hydrogen (secondary N) is 1. The second-order valence-corrected chi connectivity index (χ2v) is 9.49. The number of fused-ring (bicyclic) bond motifs is 3. The molecular formula is C26H32N6O2S. The zero-order valence-corrected chi connectivity index (χ0v) is 21.1. The fraction of sp³-hybridized carbons (Fsp3) is 0.385. The summed E-state index contributed by atoms with van der Waals surface area (Å²) in [5.41, 5.74) is 1.87. The molecule has 0 aliphatic carbocycles. The number of rotatable bonds is 12. The van der Waals surface area contributed by atoms with E-state index < -0.39 is 0 Å². The van der Waals surface area contributed by atoms with E-state index in [1.807, 2.05) is 46.9 Å². The highest BCUT2D eigenvalue weighted by Crippen LogP contribution is 2.21. The number of nitrogens with zero attached hydrogens (tertiary/aromatic N) is 5. The molecule has 1 amide bonds. The maximum atomic E-state index is 13.1. The van der Waals surface area contributed by atoms with Gasteiger partial charge in [-0.15, -0.1) is 10.2 Å². The topological polar surface area (TPSA) is 84.5 Å². The van der Waals surface area contributed by atoms with Gasteiger partial charge < -0.3 is 10.2 Å². The zero-order valence-electron chi connectivity index (χ0n) is 20.3. The third-order valence-electron chi connectivity index (χ3n) is 5.99. The minimum absolute atomic E-state index is 0.0466. The first-order valence-corrected chi connectivity index (χ1v) is 13.1. The number of thioether (sulfide) groups is 1. The molecule has 0 unspecified atom stereocenters. The third kappa shape index (κ3) is 5.85. The van der Waals surface area contributed by atoms with Crippen molar-refractivity contribution in [2.75, 3.05) is 30.8 Å². The van der Waals surface area contributed by atoms with Crippen LogP contribution in [0.5, 0.6) is 0 Å². The van der Waals surface area contributed by atoms with Crippen LogP contribution in [0, 0.1) is 0 Å². The van der Waals surface area contributed by atoms with Crippen LogP contribution in [-0.4, -0.2) is 51.0 Å². The molecule has 0 fully saturated rings. The van der Waals surface area contributed by atoms with E-state index >= 15 is 0 Å². The minimum atomic E-state index is -0.0497. The molecule has 9 heteroatoms. The van der Waals surface area contributed by atoms with Crippen LogP contribution in [0.1, 0.15) is 32.6 Å². The summed E-state index contributed by atoms with van der Waals surface area (Å²) < 4.78 is 3.60. The van der Waals surface area contributed by atoms with Crippen molar-refractivity contribution in [2.45, 2.75) is 44.3 Å². The van der Waals surface area contributed by atoms with Gasteiger partial charge in [-0.2, -0.15) is 0 Å². The first kappa shape index (κ1) is 24.8. The maximum absolute atomic E-state index is 13.1. The molecular weight excluding hydrogens is 460 g/mol. The monoisotopic (exact) mass is 492 g/mol. The fourth-order valence-corrected chi connectivity index (χ4v) is 4.86. The Kier molecular flexibility index (Phi) is 8.41. The predicted octanol–water partition coefficient (Wildman–Crippen LogP) is 3.97. The molecule has 4 rings (SSSR count).